The van der Waals surface area contributed by atoms with Crippen LogP contribution >= 0.6 is 0 Å². The number of Topliss-reactive ketones (excluding diaryl/α,β-unsaturated/α-hetero) is 2. The maximum Gasteiger partial charge on any atom is 0.146 e. The molecule has 0 saturated heterocycles. The van der Waals surface area contributed by atoms with E-state index in [1.165, 1.54) is 0 Å². The monoisotopic (exact) mass is 180 g/mol. The zero-order valence-corrected chi connectivity index (χ0v) is 7.97. The molecule has 0 atom stereocenters. The van der Waals surface area contributed by atoms with E-state index in [1.807, 2.05) is 0 Å². The molecular formula is C11H16O2. The highest BCUT2D eigenvalue weighted by atomic mass is 16.2. The van der Waals surface area contributed by atoms with Gasteiger partial charge < -0.3 is 0 Å². The van der Waals surface area contributed by atoms with Crippen molar-refractivity contribution in [1.29, 1.82) is 0 Å². The van der Waals surface area contributed by atoms with Crippen LogP contribution in [-0.4, -0.2) is 11.6 Å². The molecule has 0 aromatic rings. The summed E-state index contributed by atoms with van der Waals surface area (Å²) in [7, 11) is 0. The molecule has 2 saturated carbocycles. The van der Waals surface area contributed by atoms with E-state index in [2.05, 4.69) is 0 Å². The topological polar surface area (TPSA) is 34.1 Å². The molecule has 13 heavy (non-hydrogen) atoms. The molecule has 0 amide bonds. The molecule has 0 heterocycles. The molecule has 2 aliphatic rings. The Labute approximate surface area is 78.7 Å². The molecule has 1 spiro atoms. The highest BCUT2D eigenvalue weighted by Crippen LogP contribution is 2.42. The van der Waals surface area contributed by atoms with Crippen molar-refractivity contribution in [2.45, 2.75) is 51.4 Å². The van der Waals surface area contributed by atoms with E-state index >= 15 is 0 Å². The van der Waals surface area contributed by atoms with Crippen LogP contribution in [0.5, 0.6) is 0 Å². The summed E-state index contributed by atoms with van der Waals surface area (Å²) in [5, 5.41) is 0. The average molecular weight is 180 g/mol. The van der Waals surface area contributed by atoms with Crippen molar-refractivity contribution in [3.8, 4) is 0 Å². The number of carbonyl (C=O) groups is 2. The predicted molar refractivity (Wildman–Crippen MR) is 49.4 cm³/mol. The van der Waals surface area contributed by atoms with Crippen LogP contribution in [0.15, 0.2) is 0 Å². The molecule has 0 aliphatic heterocycles. The van der Waals surface area contributed by atoms with Crippen molar-refractivity contribution < 1.29 is 9.59 Å². The fourth-order valence-corrected chi connectivity index (χ4v) is 2.74. The van der Waals surface area contributed by atoms with Gasteiger partial charge in [-0.25, -0.2) is 0 Å². The van der Waals surface area contributed by atoms with E-state index in [-0.39, 0.29) is 11.6 Å². The Morgan fingerprint density at radius 1 is 0.769 bits per heavy atom. The van der Waals surface area contributed by atoms with Gasteiger partial charge in [0.05, 0.1) is 5.41 Å². The van der Waals surface area contributed by atoms with Crippen LogP contribution in [-0.2, 0) is 9.59 Å². The van der Waals surface area contributed by atoms with Gasteiger partial charge in [-0.05, 0) is 25.7 Å². The Kier molecular flexibility index (Phi) is 2.22. The van der Waals surface area contributed by atoms with E-state index in [4.69, 9.17) is 0 Å². The number of hydrogen-bond donors (Lipinski definition) is 0. The zero-order chi connectivity index (χ0) is 9.31. The Morgan fingerprint density at radius 2 is 1.23 bits per heavy atom. The number of carbonyl (C=O) groups excluding carboxylic acids is 2. The SMILES string of the molecule is O=C1CCCCC12CCCCC2=O. The van der Waals surface area contributed by atoms with Gasteiger partial charge in [0.15, 0.2) is 0 Å². The van der Waals surface area contributed by atoms with Crippen LogP contribution in [0, 0.1) is 5.41 Å². The Hall–Kier alpha value is -0.660. The first-order chi connectivity index (χ1) is 6.26. The average Bonchev–Trinajstić information content (AvgIpc) is 2.15. The lowest BCUT2D eigenvalue weighted by molar-refractivity contribution is -0.145. The van der Waals surface area contributed by atoms with Crippen molar-refractivity contribution in [1.82, 2.24) is 0 Å². The van der Waals surface area contributed by atoms with Crippen LogP contribution in [0.25, 0.3) is 0 Å². The molecule has 0 aromatic heterocycles. The van der Waals surface area contributed by atoms with Crippen molar-refractivity contribution in [2.24, 2.45) is 5.41 Å². The largest absolute Gasteiger partial charge is 0.299 e. The molecule has 0 bridgehead atoms. The molecule has 2 fully saturated rings. The van der Waals surface area contributed by atoms with E-state index in [0.717, 1.165) is 38.5 Å². The summed E-state index contributed by atoms with van der Waals surface area (Å²) in [4.78, 5) is 23.5. The van der Waals surface area contributed by atoms with Crippen molar-refractivity contribution in [3.63, 3.8) is 0 Å². The molecule has 72 valence electrons. The highest BCUT2D eigenvalue weighted by Gasteiger charge is 2.46. The highest BCUT2D eigenvalue weighted by molar-refractivity contribution is 6.07. The third kappa shape index (κ3) is 1.32. The van der Waals surface area contributed by atoms with Crippen molar-refractivity contribution in [3.05, 3.63) is 0 Å². The molecular weight excluding hydrogens is 164 g/mol. The fourth-order valence-electron chi connectivity index (χ4n) is 2.74. The number of hydrogen-bond acceptors (Lipinski definition) is 2. The second-order valence-corrected chi connectivity index (χ2v) is 4.34. The molecule has 2 aliphatic carbocycles. The second-order valence-electron chi connectivity index (χ2n) is 4.34. The summed E-state index contributed by atoms with van der Waals surface area (Å²) in [5.74, 6) is 0.479. The first-order valence-electron chi connectivity index (χ1n) is 5.32. The lowest BCUT2D eigenvalue weighted by atomic mass is 9.64. The van der Waals surface area contributed by atoms with E-state index in [0.29, 0.717) is 12.8 Å². The van der Waals surface area contributed by atoms with Crippen molar-refractivity contribution in [2.75, 3.05) is 0 Å². The van der Waals surface area contributed by atoms with Gasteiger partial charge in [-0.2, -0.15) is 0 Å². The van der Waals surface area contributed by atoms with E-state index in [1.54, 1.807) is 0 Å². The summed E-state index contributed by atoms with van der Waals surface area (Å²) in [5.41, 5.74) is -0.503. The molecule has 2 heteroatoms. The van der Waals surface area contributed by atoms with Gasteiger partial charge in [-0.1, -0.05) is 12.8 Å². The molecule has 0 radical (unpaired) electrons. The van der Waals surface area contributed by atoms with Gasteiger partial charge >= 0.3 is 0 Å². The summed E-state index contributed by atoms with van der Waals surface area (Å²) >= 11 is 0. The van der Waals surface area contributed by atoms with Crippen molar-refractivity contribution >= 4 is 11.6 Å². The number of rotatable bonds is 0. The van der Waals surface area contributed by atoms with Crippen LogP contribution < -0.4 is 0 Å². The third-order valence-electron chi connectivity index (χ3n) is 3.58. The van der Waals surface area contributed by atoms with Crippen LogP contribution in [0.3, 0.4) is 0 Å². The van der Waals surface area contributed by atoms with Gasteiger partial charge in [-0.15, -0.1) is 0 Å². The van der Waals surface area contributed by atoms with Crippen LogP contribution in [0.1, 0.15) is 51.4 Å². The van der Waals surface area contributed by atoms with E-state index in [9.17, 15) is 9.59 Å². The lowest BCUT2D eigenvalue weighted by Crippen LogP contribution is -2.43. The van der Waals surface area contributed by atoms with Gasteiger partial charge in [0.2, 0.25) is 0 Å². The maximum atomic E-state index is 11.8. The normalized spacial score (nSPS) is 28.0. The van der Waals surface area contributed by atoms with Crippen LogP contribution in [0.4, 0.5) is 0 Å². The molecule has 0 N–H and O–H groups in total. The molecule has 0 aromatic carbocycles. The Balaban J connectivity index is 2.23. The standard InChI is InChI=1S/C11H16O2/c12-9-5-1-3-7-11(9)8-4-2-6-10(11)13/h1-8H2. The Bertz CT molecular complexity index is 216. The first kappa shape index (κ1) is 8.92. The van der Waals surface area contributed by atoms with Gasteiger partial charge in [0.25, 0.3) is 0 Å². The Morgan fingerprint density at radius 3 is 1.62 bits per heavy atom. The first-order valence-corrected chi connectivity index (χ1v) is 5.32. The summed E-state index contributed by atoms with van der Waals surface area (Å²) in [6.45, 7) is 0. The second kappa shape index (κ2) is 3.24. The molecule has 2 rings (SSSR count). The molecule has 0 unspecified atom stereocenters. The summed E-state index contributed by atoms with van der Waals surface area (Å²) < 4.78 is 0. The lowest BCUT2D eigenvalue weighted by Gasteiger charge is -2.37. The minimum Gasteiger partial charge on any atom is -0.299 e. The minimum atomic E-state index is -0.503. The quantitative estimate of drug-likeness (QED) is 0.536. The molecule has 2 nitrogen and oxygen atoms in total. The maximum absolute atomic E-state index is 11.8. The minimum absolute atomic E-state index is 0.239. The van der Waals surface area contributed by atoms with E-state index < -0.39 is 5.41 Å². The van der Waals surface area contributed by atoms with Crippen LogP contribution in [0.2, 0.25) is 0 Å². The number of ketones is 2. The smallest absolute Gasteiger partial charge is 0.146 e. The predicted octanol–water partition coefficient (Wildman–Crippen LogP) is 2.26. The fraction of sp³-hybridized carbons (Fsp3) is 0.818. The van der Waals surface area contributed by atoms with Gasteiger partial charge in [0.1, 0.15) is 11.6 Å². The summed E-state index contributed by atoms with van der Waals surface area (Å²) in [6.07, 6.45) is 7.09. The van der Waals surface area contributed by atoms with Gasteiger partial charge in [-0.3, -0.25) is 9.59 Å². The summed E-state index contributed by atoms with van der Waals surface area (Å²) in [6, 6.07) is 0. The third-order valence-corrected chi connectivity index (χ3v) is 3.58. The zero-order valence-electron chi connectivity index (χ0n) is 7.97. The van der Waals surface area contributed by atoms with Gasteiger partial charge in [0, 0.05) is 12.8 Å².